The fraction of sp³-hybridized carbons (Fsp3) is 0. The number of nitrogens with zero attached hydrogens (tertiary/aromatic N) is 1. The maximum Gasteiger partial charge on any atom is 0.276 e. The molecule has 0 atom stereocenters. The molecule has 4 nitrogen and oxygen atoms in total. The topological polar surface area (TPSA) is 57.8 Å². The summed E-state index contributed by atoms with van der Waals surface area (Å²) in [5, 5.41) is 11.2. The Hall–Kier alpha value is -1.60. The van der Waals surface area contributed by atoms with Crippen LogP contribution in [-0.4, -0.2) is 16.1 Å². The second-order valence-corrected chi connectivity index (χ2v) is 5.79. The highest BCUT2D eigenvalue weighted by molar-refractivity contribution is 14.1. The number of rotatable bonds is 2. The second kappa shape index (κ2) is 5.41. The van der Waals surface area contributed by atoms with E-state index in [0.717, 1.165) is 14.5 Å². The maximum absolute atomic E-state index is 12.3. The molecule has 0 saturated carbocycles. The van der Waals surface area contributed by atoms with Gasteiger partial charge in [-0.15, -0.1) is 0 Å². The SMILES string of the molecule is O=C(Nc1ccc(Cl)cc1I)c1n[nH]c2ccccc12. The van der Waals surface area contributed by atoms with Crippen molar-refractivity contribution in [2.75, 3.05) is 5.32 Å². The van der Waals surface area contributed by atoms with Gasteiger partial charge in [-0.2, -0.15) is 5.10 Å². The van der Waals surface area contributed by atoms with Crippen LogP contribution in [0.4, 0.5) is 5.69 Å². The van der Waals surface area contributed by atoms with E-state index in [0.29, 0.717) is 16.4 Å². The number of carbonyl (C=O) groups excluding carboxylic acids is 1. The number of halogens is 2. The predicted octanol–water partition coefficient (Wildman–Crippen LogP) is 4.07. The van der Waals surface area contributed by atoms with Crippen LogP contribution in [0, 0.1) is 3.57 Å². The Bertz CT molecular complexity index is 800. The first-order valence-corrected chi connectivity index (χ1v) is 7.30. The minimum Gasteiger partial charge on any atom is -0.320 e. The van der Waals surface area contributed by atoms with Gasteiger partial charge < -0.3 is 5.32 Å². The fourth-order valence-electron chi connectivity index (χ4n) is 1.91. The van der Waals surface area contributed by atoms with Gasteiger partial charge in [0.15, 0.2) is 5.69 Å². The molecule has 1 heterocycles. The van der Waals surface area contributed by atoms with Gasteiger partial charge in [0.05, 0.1) is 11.2 Å². The van der Waals surface area contributed by atoms with E-state index >= 15 is 0 Å². The van der Waals surface area contributed by atoms with Gasteiger partial charge in [-0.1, -0.05) is 29.8 Å². The van der Waals surface area contributed by atoms with Crippen LogP contribution in [0.25, 0.3) is 10.9 Å². The summed E-state index contributed by atoms with van der Waals surface area (Å²) in [6.07, 6.45) is 0. The normalized spacial score (nSPS) is 10.7. The number of fused-ring (bicyclic) bond motifs is 1. The summed E-state index contributed by atoms with van der Waals surface area (Å²) in [6, 6.07) is 12.8. The molecule has 0 aliphatic heterocycles. The van der Waals surface area contributed by atoms with Crippen LogP contribution < -0.4 is 5.32 Å². The molecule has 2 aromatic carbocycles. The fourth-order valence-corrected chi connectivity index (χ4v) is 2.92. The van der Waals surface area contributed by atoms with Crippen molar-refractivity contribution in [1.29, 1.82) is 0 Å². The molecule has 0 saturated heterocycles. The van der Waals surface area contributed by atoms with Gasteiger partial charge in [0.2, 0.25) is 0 Å². The Kier molecular flexibility index (Phi) is 3.62. The zero-order valence-corrected chi connectivity index (χ0v) is 13.1. The third-order valence-electron chi connectivity index (χ3n) is 2.86. The van der Waals surface area contributed by atoms with Crippen molar-refractivity contribution in [3.05, 3.63) is 56.8 Å². The van der Waals surface area contributed by atoms with E-state index < -0.39 is 0 Å². The molecule has 100 valence electrons. The molecule has 20 heavy (non-hydrogen) atoms. The number of nitrogens with one attached hydrogen (secondary N) is 2. The summed E-state index contributed by atoms with van der Waals surface area (Å²) in [4.78, 5) is 12.3. The van der Waals surface area contributed by atoms with Crippen molar-refractivity contribution in [2.45, 2.75) is 0 Å². The molecule has 0 fully saturated rings. The average molecular weight is 398 g/mol. The Morgan fingerprint density at radius 3 is 2.85 bits per heavy atom. The average Bonchev–Trinajstić information content (AvgIpc) is 2.86. The molecule has 0 radical (unpaired) electrons. The highest BCUT2D eigenvalue weighted by Crippen LogP contribution is 2.23. The second-order valence-electron chi connectivity index (χ2n) is 4.20. The monoisotopic (exact) mass is 397 g/mol. The van der Waals surface area contributed by atoms with Crippen LogP contribution in [0.3, 0.4) is 0 Å². The smallest absolute Gasteiger partial charge is 0.276 e. The van der Waals surface area contributed by atoms with Crippen LogP contribution in [0.2, 0.25) is 5.02 Å². The third-order valence-corrected chi connectivity index (χ3v) is 3.99. The Labute approximate surface area is 133 Å². The maximum atomic E-state index is 12.3. The number of anilines is 1. The van der Waals surface area contributed by atoms with Crippen molar-refractivity contribution in [3.63, 3.8) is 0 Å². The van der Waals surface area contributed by atoms with E-state index in [2.05, 4.69) is 38.1 Å². The van der Waals surface area contributed by atoms with Gasteiger partial charge in [0.25, 0.3) is 5.91 Å². The lowest BCUT2D eigenvalue weighted by Crippen LogP contribution is -2.13. The van der Waals surface area contributed by atoms with Crippen molar-refractivity contribution < 1.29 is 4.79 Å². The highest BCUT2D eigenvalue weighted by atomic mass is 127. The van der Waals surface area contributed by atoms with Crippen LogP contribution in [0.15, 0.2) is 42.5 Å². The molecule has 6 heteroatoms. The van der Waals surface area contributed by atoms with E-state index in [1.807, 2.05) is 24.3 Å². The molecular formula is C14H9ClIN3O. The Morgan fingerprint density at radius 2 is 2.05 bits per heavy atom. The molecule has 1 amide bonds. The molecule has 3 aromatic rings. The van der Waals surface area contributed by atoms with Gasteiger partial charge in [-0.3, -0.25) is 9.89 Å². The number of hydrogen-bond acceptors (Lipinski definition) is 2. The number of amides is 1. The molecule has 0 bridgehead atoms. The van der Waals surface area contributed by atoms with E-state index in [9.17, 15) is 4.79 Å². The highest BCUT2D eigenvalue weighted by Gasteiger charge is 2.14. The van der Waals surface area contributed by atoms with Gasteiger partial charge in [0.1, 0.15) is 0 Å². The third kappa shape index (κ3) is 2.51. The van der Waals surface area contributed by atoms with Crippen molar-refractivity contribution >= 4 is 56.7 Å². The number of carbonyl (C=O) groups is 1. The molecule has 0 unspecified atom stereocenters. The summed E-state index contributed by atoms with van der Waals surface area (Å²) in [7, 11) is 0. The summed E-state index contributed by atoms with van der Waals surface area (Å²) >= 11 is 8.02. The van der Waals surface area contributed by atoms with Gasteiger partial charge >= 0.3 is 0 Å². The minimum atomic E-state index is -0.248. The lowest BCUT2D eigenvalue weighted by Gasteiger charge is -2.06. The number of benzene rings is 2. The largest absolute Gasteiger partial charge is 0.320 e. The van der Waals surface area contributed by atoms with Crippen molar-refractivity contribution in [1.82, 2.24) is 10.2 Å². The van der Waals surface area contributed by atoms with Crippen LogP contribution in [0.1, 0.15) is 10.5 Å². The van der Waals surface area contributed by atoms with E-state index in [1.165, 1.54) is 0 Å². The first-order valence-electron chi connectivity index (χ1n) is 5.84. The number of hydrogen-bond donors (Lipinski definition) is 2. The first-order chi connectivity index (χ1) is 9.65. The van der Waals surface area contributed by atoms with E-state index in [1.54, 1.807) is 18.2 Å². The van der Waals surface area contributed by atoms with E-state index in [4.69, 9.17) is 11.6 Å². The Morgan fingerprint density at radius 1 is 1.25 bits per heavy atom. The summed E-state index contributed by atoms with van der Waals surface area (Å²) in [5.41, 5.74) is 1.93. The molecular weight excluding hydrogens is 389 g/mol. The van der Waals surface area contributed by atoms with Gasteiger partial charge in [-0.25, -0.2) is 0 Å². The first kappa shape index (κ1) is 13.4. The van der Waals surface area contributed by atoms with Gasteiger partial charge in [-0.05, 0) is 46.9 Å². The lowest BCUT2D eigenvalue weighted by atomic mass is 10.2. The van der Waals surface area contributed by atoms with Crippen molar-refractivity contribution in [2.24, 2.45) is 0 Å². The van der Waals surface area contributed by atoms with Gasteiger partial charge in [0, 0.05) is 14.0 Å². The number of para-hydroxylation sites is 1. The number of aromatic amines is 1. The zero-order valence-electron chi connectivity index (χ0n) is 10.2. The van der Waals surface area contributed by atoms with Crippen LogP contribution in [-0.2, 0) is 0 Å². The predicted molar refractivity (Wildman–Crippen MR) is 88.2 cm³/mol. The molecule has 3 rings (SSSR count). The van der Waals surface area contributed by atoms with Crippen LogP contribution in [0.5, 0.6) is 0 Å². The quantitative estimate of drug-likeness (QED) is 0.640. The van der Waals surface area contributed by atoms with Crippen LogP contribution >= 0.6 is 34.2 Å². The molecule has 0 spiro atoms. The number of H-pyrrole nitrogens is 1. The Balaban J connectivity index is 1.93. The lowest BCUT2D eigenvalue weighted by molar-refractivity contribution is 0.102. The molecule has 0 aliphatic carbocycles. The van der Waals surface area contributed by atoms with E-state index in [-0.39, 0.29) is 5.91 Å². The standard InChI is InChI=1S/C14H9ClIN3O/c15-8-5-6-12(10(16)7-8)17-14(20)13-9-3-1-2-4-11(9)18-19-13/h1-7H,(H,17,20)(H,18,19). The summed E-state index contributed by atoms with van der Waals surface area (Å²) < 4.78 is 0.878. The molecule has 1 aromatic heterocycles. The molecule has 0 aliphatic rings. The minimum absolute atomic E-state index is 0.248. The summed E-state index contributed by atoms with van der Waals surface area (Å²) in [5.74, 6) is -0.248. The van der Waals surface area contributed by atoms with Crippen molar-refractivity contribution in [3.8, 4) is 0 Å². The molecule has 2 N–H and O–H groups in total. The zero-order chi connectivity index (χ0) is 14.1. The summed E-state index contributed by atoms with van der Waals surface area (Å²) in [6.45, 7) is 0. The number of aromatic nitrogens is 2.